The molecule has 1 aromatic carbocycles. The van der Waals surface area contributed by atoms with Gasteiger partial charge in [-0.15, -0.1) is 5.10 Å². The van der Waals surface area contributed by atoms with Crippen molar-refractivity contribution in [2.75, 3.05) is 5.32 Å². The van der Waals surface area contributed by atoms with Crippen LogP contribution in [0.5, 0.6) is 0 Å². The molecule has 2 heterocycles. The first kappa shape index (κ1) is 16.5. The second kappa shape index (κ2) is 6.29. The Kier molecular flexibility index (Phi) is 4.33. The molecule has 124 valence electrons. The lowest BCUT2D eigenvalue weighted by molar-refractivity contribution is 0.101. The zero-order chi connectivity index (χ0) is 17.4. The standard InChI is InChI=1S/C14H9Cl2F2N5O/c1-6-5-9(11(17)18)23-14(19-6)21-12(22-23)13(24)20-8-4-2-3-7(15)10(8)16/h2-5,11H,1H3,(H,20,24). The molecule has 0 unspecified atom stereocenters. The fourth-order valence-electron chi connectivity index (χ4n) is 2.04. The lowest BCUT2D eigenvalue weighted by atomic mass is 10.3. The highest BCUT2D eigenvalue weighted by Crippen LogP contribution is 2.29. The molecular weight excluding hydrogens is 363 g/mol. The van der Waals surface area contributed by atoms with E-state index in [4.69, 9.17) is 23.2 Å². The third-order valence-electron chi connectivity index (χ3n) is 3.09. The predicted molar refractivity (Wildman–Crippen MR) is 84.9 cm³/mol. The fraction of sp³-hybridized carbons (Fsp3) is 0.143. The lowest BCUT2D eigenvalue weighted by Crippen LogP contribution is -2.14. The molecule has 2 aromatic heterocycles. The van der Waals surface area contributed by atoms with E-state index in [1.54, 1.807) is 19.1 Å². The normalized spacial score (nSPS) is 11.2. The summed E-state index contributed by atoms with van der Waals surface area (Å²) in [5.41, 5.74) is 0.200. The van der Waals surface area contributed by atoms with Gasteiger partial charge in [0, 0.05) is 5.69 Å². The topological polar surface area (TPSA) is 72.2 Å². The first-order valence-electron chi connectivity index (χ1n) is 6.64. The zero-order valence-electron chi connectivity index (χ0n) is 12.1. The highest BCUT2D eigenvalue weighted by atomic mass is 35.5. The maximum atomic E-state index is 13.1. The third-order valence-corrected chi connectivity index (χ3v) is 3.91. The molecule has 0 radical (unpaired) electrons. The van der Waals surface area contributed by atoms with E-state index in [-0.39, 0.29) is 27.3 Å². The van der Waals surface area contributed by atoms with E-state index in [1.807, 2.05) is 0 Å². The summed E-state index contributed by atoms with van der Waals surface area (Å²) in [6, 6.07) is 5.88. The molecule has 1 N–H and O–H groups in total. The number of aromatic nitrogens is 4. The number of alkyl halides is 2. The number of hydrogen-bond donors (Lipinski definition) is 1. The van der Waals surface area contributed by atoms with Crippen LogP contribution < -0.4 is 5.32 Å². The molecule has 24 heavy (non-hydrogen) atoms. The fourth-order valence-corrected chi connectivity index (χ4v) is 2.39. The van der Waals surface area contributed by atoms with Crippen LogP contribution in [0, 0.1) is 6.92 Å². The van der Waals surface area contributed by atoms with E-state index in [2.05, 4.69) is 20.4 Å². The molecule has 0 aliphatic heterocycles. The Hall–Kier alpha value is -2.32. The molecule has 0 aliphatic rings. The van der Waals surface area contributed by atoms with Crippen molar-refractivity contribution in [2.24, 2.45) is 0 Å². The van der Waals surface area contributed by atoms with Gasteiger partial charge in [-0.2, -0.15) is 9.50 Å². The van der Waals surface area contributed by atoms with Gasteiger partial charge in [-0.1, -0.05) is 29.3 Å². The number of carbonyl (C=O) groups is 1. The minimum Gasteiger partial charge on any atom is -0.318 e. The SMILES string of the molecule is Cc1cc(C(F)F)n2nc(C(=O)Nc3cccc(Cl)c3Cl)nc2n1. The van der Waals surface area contributed by atoms with Crippen LogP contribution in [-0.2, 0) is 0 Å². The Balaban J connectivity index is 1.99. The molecule has 0 saturated heterocycles. The van der Waals surface area contributed by atoms with Crippen molar-refractivity contribution in [3.63, 3.8) is 0 Å². The van der Waals surface area contributed by atoms with Crippen LogP contribution in [-0.4, -0.2) is 25.5 Å². The molecule has 0 fully saturated rings. The van der Waals surface area contributed by atoms with Gasteiger partial charge in [0.25, 0.3) is 18.1 Å². The number of hydrogen-bond acceptors (Lipinski definition) is 4. The number of amides is 1. The van der Waals surface area contributed by atoms with Crippen LogP contribution in [0.25, 0.3) is 5.78 Å². The van der Waals surface area contributed by atoms with Crippen molar-refractivity contribution in [3.8, 4) is 0 Å². The Morgan fingerprint density at radius 1 is 1.29 bits per heavy atom. The van der Waals surface area contributed by atoms with E-state index in [0.29, 0.717) is 5.69 Å². The van der Waals surface area contributed by atoms with Gasteiger partial charge in [0.15, 0.2) is 0 Å². The summed E-state index contributed by atoms with van der Waals surface area (Å²) in [6.45, 7) is 1.55. The van der Waals surface area contributed by atoms with Crippen LogP contribution in [0.15, 0.2) is 24.3 Å². The van der Waals surface area contributed by atoms with E-state index in [0.717, 1.165) is 4.52 Å². The Bertz CT molecular complexity index is 944. The Labute approximate surface area is 144 Å². The van der Waals surface area contributed by atoms with Crippen molar-refractivity contribution in [1.82, 2.24) is 19.6 Å². The summed E-state index contributed by atoms with van der Waals surface area (Å²) < 4.78 is 27.0. The van der Waals surface area contributed by atoms with Crippen molar-refractivity contribution in [2.45, 2.75) is 13.3 Å². The van der Waals surface area contributed by atoms with Crippen molar-refractivity contribution >= 4 is 40.6 Å². The molecule has 10 heteroatoms. The summed E-state index contributed by atoms with van der Waals surface area (Å²) in [4.78, 5) is 20.1. The quantitative estimate of drug-likeness (QED) is 0.756. The highest BCUT2D eigenvalue weighted by Gasteiger charge is 2.20. The van der Waals surface area contributed by atoms with Gasteiger partial charge in [0.1, 0.15) is 5.69 Å². The maximum absolute atomic E-state index is 13.1. The van der Waals surface area contributed by atoms with Gasteiger partial charge >= 0.3 is 0 Å². The third kappa shape index (κ3) is 3.02. The molecule has 6 nitrogen and oxygen atoms in total. The molecule has 3 aromatic rings. The number of nitrogens with zero attached hydrogens (tertiary/aromatic N) is 4. The minimum absolute atomic E-state index is 0.0901. The average Bonchev–Trinajstić information content (AvgIpc) is 2.94. The molecule has 0 bridgehead atoms. The largest absolute Gasteiger partial charge is 0.318 e. The molecule has 0 atom stereocenters. The highest BCUT2D eigenvalue weighted by molar-refractivity contribution is 6.44. The number of rotatable bonds is 3. The van der Waals surface area contributed by atoms with Gasteiger partial charge in [0.05, 0.1) is 15.7 Å². The second-order valence-electron chi connectivity index (χ2n) is 4.83. The summed E-state index contributed by atoms with van der Waals surface area (Å²) in [6.07, 6.45) is -2.78. The summed E-state index contributed by atoms with van der Waals surface area (Å²) in [7, 11) is 0. The summed E-state index contributed by atoms with van der Waals surface area (Å²) in [5, 5.41) is 6.69. The molecule has 0 aliphatic carbocycles. The first-order valence-corrected chi connectivity index (χ1v) is 7.40. The van der Waals surface area contributed by atoms with E-state index in [9.17, 15) is 13.6 Å². The summed E-state index contributed by atoms with van der Waals surface area (Å²) >= 11 is 11.9. The maximum Gasteiger partial charge on any atom is 0.295 e. The number of fused-ring (bicyclic) bond motifs is 1. The van der Waals surface area contributed by atoms with Gasteiger partial charge < -0.3 is 5.32 Å². The van der Waals surface area contributed by atoms with Crippen LogP contribution >= 0.6 is 23.2 Å². The van der Waals surface area contributed by atoms with Gasteiger partial charge in [0.2, 0.25) is 5.82 Å². The Morgan fingerprint density at radius 2 is 2.04 bits per heavy atom. The monoisotopic (exact) mass is 371 g/mol. The van der Waals surface area contributed by atoms with Crippen molar-refractivity contribution in [3.05, 3.63) is 51.5 Å². The summed E-state index contributed by atoms with van der Waals surface area (Å²) in [5.74, 6) is -1.12. The second-order valence-corrected chi connectivity index (χ2v) is 5.61. The van der Waals surface area contributed by atoms with Crippen LogP contribution in [0.3, 0.4) is 0 Å². The lowest BCUT2D eigenvalue weighted by Gasteiger charge is -2.05. The van der Waals surface area contributed by atoms with Crippen molar-refractivity contribution in [1.29, 1.82) is 0 Å². The van der Waals surface area contributed by atoms with Gasteiger partial charge in [-0.05, 0) is 25.1 Å². The number of carbonyl (C=O) groups excluding carboxylic acids is 1. The zero-order valence-corrected chi connectivity index (χ0v) is 13.6. The molecule has 1 amide bonds. The number of benzene rings is 1. The van der Waals surface area contributed by atoms with Gasteiger partial charge in [-0.3, -0.25) is 4.79 Å². The first-order chi connectivity index (χ1) is 11.4. The Morgan fingerprint density at radius 3 is 2.75 bits per heavy atom. The molecule has 0 spiro atoms. The van der Waals surface area contributed by atoms with E-state index < -0.39 is 18.0 Å². The van der Waals surface area contributed by atoms with Crippen molar-refractivity contribution < 1.29 is 13.6 Å². The number of anilines is 1. The van der Waals surface area contributed by atoms with E-state index in [1.165, 1.54) is 12.1 Å². The smallest absolute Gasteiger partial charge is 0.295 e. The van der Waals surface area contributed by atoms with Crippen LogP contribution in [0.2, 0.25) is 10.0 Å². The molecular formula is C14H9Cl2F2N5O. The minimum atomic E-state index is -2.78. The van der Waals surface area contributed by atoms with E-state index >= 15 is 0 Å². The van der Waals surface area contributed by atoms with Gasteiger partial charge in [-0.25, -0.2) is 13.8 Å². The molecule has 3 rings (SSSR count). The predicted octanol–water partition coefficient (Wildman–Crippen LogP) is 3.93. The van der Waals surface area contributed by atoms with Crippen LogP contribution in [0.4, 0.5) is 14.5 Å². The van der Waals surface area contributed by atoms with Crippen LogP contribution in [0.1, 0.15) is 28.4 Å². The number of nitrogens with one attached hydrogen (secondary N) is 1. The average molecular weight is 372 g/mol. The molecule has 0 saturated carbocycles. The number of halogens is 4. The number of aryl methyl sites for hydroxylation is 1.